The summed E-state index contributed by atoms with van der Waals surface area (Å²) in [5.41, 5.74) is 0.585. The Hall–Kier alpha value is -1.56. The monoisotopic (exact) mass is 296 g/mol. The fraction of sp³-hybridized carbons (Fsp3) is 0.250. The SMILES string of the molecule is O=C(Cl)C=Cc1ccc(OCC(F)(F)C(F)F)cc1. The van der Waals surface area contributed by atoms with Crippen LogP contribution in [-0.2, 0) is 4.79 Å². The van der Waals surface area contributed by atoms with E-state index in [4.69, 9.17) is 11.6 Å². The Morgan fingerprint density at radius 2 is 1.89 bits per heavy atom. The molecule has 0 aliphatic heterocycles. The summed E-state index contributed by atoms with van der Waals surface area (Å²) in [6.07, 6.45) is -1.25. The van der Waals surface area contributed by atoms with Crippen molar-refractivity contribution in [2.45, 2.75) is 12.3 Å². The molecule has 1 rings (SSSR count). The standard InChI is InChI=1S/C12H9ClF4O2/c13-10(18)6-3-8-1-4-9(5-2-8)19-7-12(16,17)11(14)15/h1-6,11H,7H2. The number of halogens is 5. The minimum absolute atomic E-state index is 0.0228. The highest BCUT2D eigenvalue weighted by atomic mass is 35.5. The van der Waals surface area contributed by atoms with E-state index in [0.29, 0.717) is 5.56 Å². The molecule has 2 nitrogen and oxygen atoms in total. The van der Waals surface area contributed by atoms with Gasteiger partial charge in [-0.25, -0.2) is 8.78 Å². The van der Waals surface area contributed by atoms with Crippen molar-refractivity contribution in [3.8, 4) is 5.75 Å². The Morgan fingerprint density at radius 1 is 1.32 bits per heavy atom. The van der Waals surface area contributed by atoms with Gasteiger partial charge < -0.3 is 4.74 Å². The molecule has 0 aliphatic rings. The molecule has 1 aromatic carbocycles. The summed E-state index contributed by atoms with van der Waals surface area (Å²) >= 11 is 5.08. The molecular weight excluding hydrogens is 288 g/mol. The van der Waals surface area contributed by atoms with Crippen LogP contribution in [0, 0.1) is 0 Å². The van der Waals surface area contributed by atoms with E-state index in [1.165, 1.54) is 30.3 Å². The van der Waals surface area contributed by atoms with Gasteiger partial charge in [-0.15, -0.1) is 0 Å². The predicted molar refractivity (Wildman–Crippen MR) is 62.8 cm³/mol. The molecular formula is C12H9ClF4O2. The third-order valence-corrected chi connectivity index (χ3v) is 2.16. The van der Waals surface area contributed by atoms with Gasteiger partial charge in [0.1, 0.15) is 5.75 Å². The van der Waals surface area contributed by atoms with Crippen LogP contribution in [0.1, 0.15) is 5.56 Å². The van der Waals surface area contributed by atoms with E-state index in [1.807, 2.05) is 0 Å². The molecule has 0 saturated heterocycles. The lowest BCUT2D eigenvalue weighted by molar-refractivity contribution is -0.148. The predicted octanol–water partition coefficient (Wildman–Crippen LogP) is 3.74. The lowest BCUT2D eigenvalue weighted by atomic mass is 10.2. The van der Waals surface area contributed by atoms with Crippen molar-refractivity contribution in [2.75, 3.05) is 6.61 Å². The van der Waals surface area contributed by atoms with Crippen LogP contribution in [0.3, 0.4) is 0 Å². The van der Waals surface area contributed by atoms with Gasteiger partial charge in [0.2, 0.25) is 5.24 Å². The van der Waals surface area contributed by atoms with Crippen LogP contribution in [0.4, 0.5) is 17.6 Å². The van der Waals surface area contributed by atoms with Gasteiger partial charge in [-0.05, 0) is 35.4 Å². The van der Waals surface area contributed by atoms with Crippen LogP contribution in [0.15, 0.2) is 30.3 Å². The molecule has 0 atom stereocenters. The molecule has 0 saturated carbocycles. The molecule has 0 amide bonds. The minimum atomic E-state index is -4.19. The third-order valence-electron chi connectivity index (χ3n) is 2.04. The van der Waals surface area contributed by atoms with Crippen molar-refractivity contribution >= 4 is 22.9 Å². The van der Waals surface area contributed by atoms with Crippen molar-refractivity contribution in [3.05, 3.63) is 35.9 Å². The molecule has 0 fully saturated rings. The number of hydrogen-bond acceptors (Lipinski definition) is 2. The average Bonchev–Trinajstić information content (AvgIpc) is 2.35. The highest BCUT2D eigenvalue weighted by Crippen LogP contribution is 2.24. The van der Waals surface area contributed by atoms with Crippen molar-refractivity contribution in [3.63, 3.8) is 0 Å². The molecule has 7 heteroatoms. The van der Waals surface area contributed by atoms with Gasteiger partial charge in [-0.3, -0.25) is 4.79 Å². The Kier molecular flexibility index (Phi) is 5.35. The molecule has 104 valence electrons. The van der Waals surface area contributed by atoms with Crippen molar-refractivity contribution in [1.29, 1.82) is 0 Å². The molecule has 0 radical (unpaired) electrons. The Labute approximate surface area is 111 Å². The topological polar surface area (TPSA) is 26.3 Å². The first-order chi connectivity index (χ1) is 8.81. The lowest BCUT2D eigenvalue weighted by Gasteiger charge is -2.15. The largest absolute Gasteiger partial charge is 0.487 e. The summed E-state index contributed by atoms with van der Waals surface area (Å²) in [7, 11) is 0. The average molecular weight is 297 g/mol. The maximum Gasteiger partial charge on any atom is 0.340 e. The van der Waals surface area contributed by atoms with Gasteiger partial charge in [0.15, 0.2) is 6.61 Å². The highest BCUT2D eigenvalue weighted by Gasteiger charge is 2.41. The molecule has 0 aromatic heterocycles. The van der Waals surface area contributed by atoms with Crippen molar-refractivity contribution in [1.82, 2.24) is 0 Å². The van der Waals surface area contributed by atoms with Crippen LogP contribution in [0.25, 0.3) is 6.08 Å². The number of hydrogen-bond donors (Lipinski definition) is 0. The van der Waals surface area contributed by atoms with E-state index in [1.54, 1.807) is 0 Å². The fourth-order valence-corrected chi connectivity index (χ4v) is 1.14. The zero-order valence-corrected chi connectivity index (χ0v) is 10.2. The van der Waals surface area contributed by atoms with Gasteiger partial charge in [0, 0.05) is 0 Å². The first-order valence-electron chi connectivity index (χ1n) is 5.07. The van der Waals surface area contributed by atoms with E-state index < -0.39 is 24.2 Å². The summed E-state index contributed by atoms with van der Waals surface area (Å²) < 4.78 is 53.5. The number of allylic oxidation sites excluding steroid dienone is 1. The van der Waals surface area contributed by atoms with Crippen LogP contribution in [0.2, 0.25) is 0 Å². The molecule has 1 aromatic rings. The first kappa shape index (κ1) is 15.5. The van der Waals surface area contributed by atoms with Crippen LogP contribution in [-0.4, -0.2) is 24.2 Å². The second kappa shape index (κ2) is 6.56. The minimum Gasteiger partial charge on any atom is -0.487 e. The zero-order chi connectivity index (χ0) is 14.5. The van der Waals surface area contributed by atoms with Crippen LogP contribution < -0.4 is 4.74 Å². The van der Waals surface area contributed by atoms with Gasteiger partial charge in [0.05, 0.1) is 0 Å². The highest BCUT2D eigenvalue weighted by molar-refractivity contribution is 6.66. The molecule has 0 N–H and O–H groups in total. The van der Waals surface area contributed by atoms with E-state index in [9.17, 15) is 22.4 Å². The molecule has 0 aliphatic carbocycles. The maximum absolute atomic E-state index is 12.6. The fourth-order valence-electron chi connectivity index (χ4n) is 1.08. The van der Waals surface area contributed by atoms with Gasteiger partial charge >= 0.3 is 12.3 Å². The summed E-state index contributed by atoms with van der Waals surface area (Å²) in [5.74, 6) is -4.17. The van der Waals surface area contributed by atoms with Gasteiger partial charge in [-0.1, -0.05) is 18.2 Å². The summed E-state index contributed by atoms with van der Waals surface area (Å²) in [6.45, 7) is -1.40. The first-order valence-corrected chi connectivity index (χ1v) is 5.45. The number of ether oxygens (including phenoxy) is 1. The van der Waals surface area contributed by atoms with Gasteiger partial charge in [0.25, 0.3) is 0 Å². The summed E-state index contributed by atoms with van der Waals surface area (Å²) in [4.78, 5) is 10.5. The van der Waals surface area contributed by atoms with Crippen molar-refractivity contribution in [2.24, 2.45) is 0 Å². The van der Waals surface area contributed by atoms with E-state index in [-0.39, 0.29) is 5.75 Å². The normalized spacial score (nSPS) is 12.1. The smallest absolute Gasteiger partial charge is 0.340 e. The van der Waals surface area contributed by atoms with Crippen LogP contribution >= 0.6 is 11.6 Å². The maximum atomic E-state index is 12.6. The second-order valence-electron chi connectivity index (χ2n) is 3.56. The Balaban J connectivity index is 2.60. The number of rotatable bonds is 6. The Bertz CT molecular complexity index is 457. The number of benzene rings is 1. The Morgan fingerprint density at radius 3 is 2.37 bits per heavy atom. The van der Waals surface area contributed by atoms with E-state index >= 15 is 0 Å². The third kappa shape index (κ3) is 5.30. The lowest BCUT2D eigenvalue weighted by Crippen LogP contribution is -2.33. The number of carbonyl (C=O) groups excluding carboxylic acids is 1. The molecule has 0 heterocycles. The molecule has 0 spiro atoms. The number of carbonyl (C=O) groups is 1. The molecule has 0 unspecified atom stereocenters. The van der Waals surface area contributed by atoms with E-state index in [0.717, 1.165) is 6.08 Å². The summed E-state index contributed by atoms with van der Waals surface area (Å²) in [5, 5.41) is -0.656. The summed E-state index contributed by atoms with van der Waals surface area (Å²) in [6, 6.07) is 5.57. The van der Waals surface area contributed by atoms with Crippen molar-refractivity contribution < 1.29 is 27.1 Å². The second-order valence-corrected chi connectivity index (χ2v) is 3.93. The number of alkyl halides is 4. The van der Waals surface area contributed by atoms with Gasteiger partial charge in [-0.2, -0.15) is 8.78 Å². The molecule has 19 heavy (non-hydrogen) atoms. The van der Waals surface area contributed by atoms with E-state index in [2.05, 4.69) is 4.74 Å². The molecule has 0 bridgehead atoms. The zero-order valence-electron chi connectivity index (χ0n) is 9.45. The van der Waals surface area contributed by atoms with Crippen LogP contribution in [0.5, 0.6) is 5.75 Å². The quantitative estimate of drug-likeness (QED) is 0.454.